The molecular weight excluding hydrogens is 245 g/mol. The topological polar surface area (TPSA) is 44.5 Å². The van der Waals surface area contributed by atoms with Crippen molar-refractivity contribution < 1.29 is 13.9 Å². The van der Waals surface area contributed by atoms with Gasteiger partial charge in [0.1, 0.15) is 23.3 Å². The van der Waals surface area contributed by atoms with E-state index in [-0.39, 0.29) is 29.7 Å². The first-order chi connectivity index (χ1) is 8.73. The summed E-state index contributed by atoms with van der Waals surface area (Å²) in [4.78, 5) is 0. The molecular formula is C15H22FNO2. The van der Waals surface area contributed by atoms with E-state index in [2.05, 4.69) is 0 Å². The summed E-state index contributed by atoms with van der Waals surface area (Å²) in [6.07, 6.45) is 0.686. The SMILES string of the molecule is CC1(C)CC(Oc2ccc(CN)c(F)c2)C(C)(C)O1. The fourth-order valence-corrected chi connectivity index (χ4v) is 2.63. The van der Waals surface area contributed by atoms with Crippen LogP contribution < -0.4 is 10.5 Å². The maximum Gasteiger partial charge on any atom is 0.131 e. The van der Waals surface area contributed by atoms with E-state index in [1.807, 2.05) is 27.7 Å². The maximum absolute atomic E-state index is 13.7. The van der Waals surface area contributed by atoms with Gasteiger partial charge in [-0.1, -0.05) is 6.07 Å². The lowest BCUT2D eigenvalue weighted by atomic mass is 9.97. The van der Waals surface area contributed by atoms with E-state index in [9.17, 15) is 4.39 Å². The minimum absolute atomic E-state index is 0.0920. The molecule has 1 saturated heterocycles. The predicted octanol–water partition coefficient (Wildman–Crippen LogP) is 3.01. The van der Waals surface area contributed by atoms with Crippen molar-refractivity contribution in [2.45, 2.75) is 58.0 Å². The van der Waals surface area contributed by atoms with Gasteiger partial charge in [-0.2, -0.15) is 0 Å². The van der Waals surface area contributed by atoms with Crippen molar-refractivity contribution in [3.8, 4) is 5.75 Å². The van der Waals surface area contributed by atoms with Crippen LogP contribution in [-0.4, -0.2) is 17.3 Å². The third-order valence-corrected chi connectivity index (χ3v) is 3.51. The molecule has 1 aromatic carbocycles. The van der Waals surface area contributed by atoms with Crippen LogP contribution in [0.3, 0.4) is 0 Å². The number of nitrogens with two attached hydrogens (primary N) is 1. The molecule has 1 aromatic rings. The van der Waals surface area contributed by atoms with Gasteiger partial charge < -0.3 is 15.2 Å². The molecule has 1 fully saturated rings. The Morgan fingerprint density at radius 3 is 2.53 bits per heavy atom. The van der Waals surface area contributed by atoms with E-state index in [1.54, 1.807) is 12.1 Å². The molecule has 2 rings (SSSR count). The lowest BCUT2D eigenvalue weighted by Crippen LogP contribution is -2.36. The monoisotopic (exact) mass is 267 g/mol. The van der Waals surface area contributed by atoms with Crippen LogP contribution in [0.2, 0.25) is 0 Å². The number of rotatable bonds is 3. The van der Waals surface area contributed by atoms with Crippen LogP contribution in [0, 0.1) is 5.82 Å². The molecule has 1 atom stereocenters. The van der Waals surface area contributed by atoms with Crippen molar-refractivity contribution in [1.29, 1.82) is 0 Å². The second kappa shape index (κ2) is 4.76. The van der Waals surface area contributed by atoms with Crippen LogP contribution in [-0.2, 0) is 11.3 Å². The van der Waals surface area contributed by atoms with Gasteiger partial charge in [-0.25, -0.2) is 4.39 Å². The van der Waals surface area contributed by atoms with E-state index in [4.69, 9.17) is 15.2 Å². The lowest BCUT2D eigenvalue weighted by molar-refractivity contribution is -0.0846. The van der Waals surface area contributed by atoms with Gasteiger partial charge in [0.25, 0.3) is 0 Å². The predicted molar refractivity (Wildman–Crippen MR) is 72.6 cm³/mol. The van der Waals surface area contributed by atoms with Gasteiger partial charge in [0.05, 0.1) is 5.60 Å². The highest BCUT2D eigenvalue weighted by atomic mass is 19.1. The number of ether oxygens (including phenoxy) is 2. The maximum atomic E-state index is 13.7. The number of benzene rings is 1. The number of hydrogen-bond acceptors (Lipinski definition) is 3. The summed E-state index contributed by atoms with van der Waals surface area (Å²) in [5.41, 5.74) is 5.34. The summed E-state index contributed by atoms with van der Waals surface area (Å²) in [5.74, 6) is 0.199. The second-order valence-corrected chi connectivity index (χ2v) is 6.23. The van der Waals surface area contributed by atoms with Gasteiger partial charge in [0, 0.05) is 24.6 Å². The highest BCUT2D eigenvalue weighted by Crippen LogP contribution is 2.39. The first-order valence-corrected chi connectivity index (χ1v) is 6.59. The molecule has 0 amide bonds. The average Bonchev–Trinajstić information content (AvgIpc) is 2.47. The van der Waals surface area contributed by atoms with Crippen molar-refractivity contribution in [2.75, 3.05) is 0 Å². The molecule has 3 nitrogen and oxygen atoms in total. The zero-order chi connectivity index (χ0) is 14.3. The van der Waals surface area contributed by atoms with Crippen molar-refractivity contribution in [1.82, 2.24) is 0 Å². The minimum Gasteiger partial charge on any atom is -0.487 e. The van der Waals surface area contributed by atoms with E-state index < -0.39 is 0 Å². The van der Waals surface area contributed by atoms with E-state index >= 15 is 0 Å². The molecule has 0 spiro atoms. The standard InChI is InChI=1S/C15H22FNO2/c1-14(2)8-13(15(3,4)19-14)18-11-6-5-10(9-17)12(16)7-11/h5-7,13H,8-9,17H2,1-4H3. The Hall–Kier alpha value is -1.13. The third kappa shape index (κ3) is 3.07. The Bertz CT molecular complexity index is 471. The normalized spacial score (nSPS) is 24.4. The highest BCUT2D eigenvalue weighted by molar-refractivity contribution is 5.29. The molecule has 0 radical (unpaired) electrons. The molecule has 2 N–H and O–H groups in total. The first kappa shape index (κ1) is 14.3. The molecule has 106 valence electrons. The quantitative estimate of drug-likeness (QED) is 0.915. The van der Waals surface area contributed by atoms with Crippen LogP contribution in [0.4, 0.5) is 4.39 Å². The van der Waals surface area contributed by atoms with Crippen molar-refractivity contribution in [3.05, 3.63) is 29.6 Å². The van der Waals surface area contributed by atoms with Crippen molar-refractivity contribution >= 4 is 0 Å². The summed E-state index contributed by atoms with van der Waals surface area (Å²) < 4.78 is 25.5. The molecule has 0 bridgehead atoms. The largest absolute Gasteiger partial charge is 0.487 e. The van der Waals surface area contributed by atoms with Gasteiger partial charge in [0.2, 0.25) is 0 Å². The molecule has 1 aliphatic heterocycles. The Balaban J connectivity index is 2.15. The summed E-state index contributed by atoms with van der Waals surface area (Å²) in [6.45, 7) is 8.26. The summed E-state index contributed by atoms with van der Waals surface area (Å²) in [7, 11) is 0. The van der Waals surface area contributed by atoms with Crippen LogP contribution in [0.5, 0.6) is 5.75 Å². The van der Waals surface area contributed by atoms with Crippen molar-refractivity contribution in [2.24, 2.45) is 5.73 Å². The third-order valence-electron chi connectivity index (χ3n) is 3.51. The van der Waals surface area contributed by atoms with Crippen molar-refractivity contribution in [3.63, 3.8) is 0 Å². The van der Waals surface area contributed by atoms with E-state index in [0.29, 0.717) is 11.3 Å². The van der Waals surface area contributed by atoms with Gasteiger partial charge in [-0.05, 0) is 33.8 Å². The van der Waals surface area contributed by atoms with Gasteiger partial charge in [-0.3, -0.25) is 0 Å². The smallest absolute Gasteiger partial charge is 0.131 e. The Morgan fingerprint density at radius 1 is 1.37 bits per heavy atom. The van der Waals surface area contributed by atoms with E-state index in [0.717, 1.165) is 6.42 Å². The van der Waals surface area contributed by atoms with Gasteiger partial charge in [0.15, 0.2) is 0 Å². The molecule has 1 unspecified atom stereocenters. The fraction of sp³-hybridized carbons (Fsp3) is 0.600. The molecule has 0 aromatic heterocycles. The summed E-state index contributed by atoms with van der Waals surface area (Å²) >= 11 is 0. The first-order valence-electron chi connectivity index (χ1n) is 6.59. The lowest BCUT2D eigenvalue weighted by Gasteiger charge is -2.27. The number of hydrogen-bond donors (Lipinski definition) is 1. The average molecular weight is 267 g/mol. The Morgan fingerprint density at radius 2 is 2.05 bits per heavy atom. The summed E-state index contributed by atoms with van der Waals surface area (Å²) in [5, 5.41) is 0. The highest BCUT2D eigenvalue weighted by Gasteiger charge is 2.47. The molecule has 0 aliphatic carbocycles. The molecule has 4 heteroatoms. The zero-order valence-electron chi connectivity index (χ0n) is 12.0. The zero-order valence-corrected chi connectivity index (χ0v) is 12.0. The van der Waals surface area contributed by atoms with Crippen LogP contribution in [0.25, 0.3) is 0 Å². The van der Waals surface area contributed by atoms with Gasteiger partial charge >= 0.3 is 0 Å². The Kier molecular flexibility index (Phi) is 3.58. The Labute approximate surface area is 113 Å². The number of halogens is 1. The van der Waals surface area contributed by atoms with Gasteiger partial charge in [-0.15, -0.1) is 0 Å². The molecule has 1 aliphatic rings. The van der Waals surface area contributed by atoms with Crippen LogP contribution in [0.15, 0.2) is 18.2 Å². The molecule has 0 saturated carbocycles. The van der Waals surface area contributed by atoms with Crippen LogP contribution in [0.1, 0.15) is 39.7 Å². The fourth-order valence-electron chi connectivity index (χ4n) is 2.63. The minimum atomic E-state index is -0.382. The van der Waals surface area contributed by atoms with Crippen LogP contribution >= 0.6 is 0 Å². The molecule has 19 heavy (non-hydrogen) atoms. The van der Waals surface area contributed by atoms with E-state index in [1.165, 1.54) is 6.07 Å². The summed E-state index contributed by atoms with van der Waals surface area (Å²) in [6, 6.07) is 4.81. The molecule has 1 heterocycles. The second-order valence-electron chi connectivity index (χ2n) is 6.23.